The van der Waals surface area contributed by atoms with E-state index in [2.05, 4.69) is 56.4 Å². The highest BCUT2D eigenvalue weighted by atomic mass is 16.5. The third kappa shape index (κ3) is 3.20. The van der Waals surface area contributed by atoms with Gasteiger partial charge in [0, 0.05) is 6.54 Å². The first kappa shape index (κ1) is 14.6. The first-order valence-corrected chi connectivity index (χ1v) is 7.11. The van der Waals surface area contributed by atoms with Crippen molar-refractivity contribution >= 4 is 0 Å². The summed E-state index contributed by atoms with van der Waals surface area (Å²) in [4.78, 5) is 0. The maximum absolute atomic E-state index is 5.27. The Morgan fingerprint density at radius 1 is 0.950 bits per heavy atom. The predicted octanol–water partition coefficient (Wildman–Crippen LogP) is 4.09. The predicted molar refractivity (Wildman–Crippen MR) is 85.3 cm³/mol. The zero-order valence-electron chi connectivity index (χ0n) is 12.8. The monoisotopic (exact) mass is 269 g/mol. The van der Waals surface area contributed by atoms with E-state index in [0.717, 1.165) is 18.8 Å². The molecule has 20 heavy (non-hydrogen) atoms. The number of hydrogen-bond donors (Lipinski definition) is 1. The second kappa shape index (κ2) is 6.58. The molecule has 0 aromatic heterocycles. The quantitative estimate of drug-likeness (QED) is 0.882. The Kier molecular flexibility index (Phi) is 4.80. The van der Waals surface area contributed by atoms with Gasteiger partial charge < -0.3 is 10.1 Å². The van der Waals surface area contributed by atoms with Crippen LogP contribution in [0.1, 0.15) is 23.6 Å². The topological polar surface area (TPSA) is 21.3 Å². The van der Waals surface area contributed by atoms with E-state index in [0.29, 0.717) is 0 Å². The second-order valence-corrected chi connectivity index (χ2v) is 5.11. The molecule has 0 atom stereocenters. The van der Waals surface area contributed by atoms with Gasteiger partial charge in [0.1, 0.15) is 5.75 Å². The number of rotatable bonds is 5. The molecule has 1 N–H and O–H groups in total. The lowest BCUT2D eigenvalue weighted by Gasteiger charge is -2.12. The Morgan fingerprint density at radius 2 is 1.60 bits per heavy atom. The molecule has 106 valence electrons. The summed E-state index contributed by atoms with van der Waals surface area (Å²) in [5.41, 5.74) is 6.46. The molecular weight excluding hydrogens is 246 g/mol. The molecule has 0 fully saturated rings. The normalized spacial score (nSPS) is 10.6. The number of benzene rings is 2. The number of nitrogens with one attached hydrogen (secondary N) is 1. The van der Waals surface area contributed by atoms with Crippen LogP contribution in [-0.4, -0.2) is 13.7 Å². The zero-order chi connectivity index (χ0) is 14.5. The minimum atomic E-state index is 0.910. The van der Waals surface area contributed by atoms with Gasteiger partial charge in [-0.2, -0.15) is 0 Å². The molecule has 0 saturated carbocycles. The third-order valence-corrected chi connectivity index (χ3v) is 3.59. The average Bonchev–Trinajstić information content (AvgIpc) is 2.45. The lowest BCUT2D eigenvalue weighted by molar-refractivity contribution is 0.414. The van der Waals surface area contributed by atoms with E-state index in [-0.39, 0.29) is 0 Å². The molecule has 0 radical (unpaired) electrons. The standard InChI is InChI=1S/C18H23NO/c1-5-19-12-15-6-8-17(13(2)10-15)18-9-7-16(20-4)11-14(18)3/h6-11,19H,5,12H2,1-4H3. The minimum absolute atomic E-state index is 0.910. The van der Waals surface area contributed by atoms with Crippen LogP contribution in [0.3, 0.4) is 0 Å². The fourth-order valence-corrected chi connectivity index (χ4v) is 2.47. The maximum atomic E-state index is 5.27. The van der Waals surface area contributed by atoms with Crippen LogP contribution in [0.25, 0.3) is 11.1 Å². The van der Waals surface area contributed by atoms with Crippen molar-refractivity contribution in [3.63, 3.8) is 0 Å². The summed E-state index contributed by atoms with van der Waals surface area (Å²) in [6.45, 7) is 8.36. The number of hydrogen-bond acceptors (Lipinski definition) is 2. The van der Waals surface area contributed by atoms with Crippen molar-refractivity contribution in [1.82, 2.24) is 5.32 Å². The van der Waals surface area contributed by atoms with Gasteiger partial charge in [-0.15, -0.1) is 0 Å². The van der Waals surface area contributed by atoms with Gasteiger partial charge in [0.15, 0.2) is 0 Å². The minimum Gasteiger partial charge on any atom is -0.497 e. The molecule has 0 saturated heterocycles. The molecule has 2 rings (SSSR count). The van der Waals surface area contributed by atoms with Crippen molar-refractivity contribution in [3.8, 4) is 16.9 Å². The van der Waals surface area contributed by atoms with Gasteiger partial charge in [0.2, 0.25) is 0 Å². The Labute approximate surface area is 121 Å². The van der Waals surface area contributed by atoms with Crippen LogP contribution in [0.2, 0.25) is 0 Å². The summed E-state index contributed by atoms with van der Waals surface area (Å²) < 4.78 is 5.27. The maximum Gasteiger partial charge on any atom is 0.119 e. The zero-order valence-corrected chi connectivity index (χ0v) is 12.8. The SMILES string of the molecule is CCNCc1ccc(-c2ccc(OC)cc2C)c(C)c1. The highest BCUT2D eigenvalue weighted by Crippen LogP contribution is 2.29. The summed E-state index contributed by atoms with van der Waals surface area (Å²) in [5.74, 6) is 0.910. The molecule has 0 unspecified atom stereocenters. The average molecular weight is 269 g/mol. The Hall–Kier alpha value is -1.80. The van der Waals surface area contributed by atoms with Crippen molar-refractivity contribution in [2.24, 2.45) is 0 Å². The molecule has 2 nitrogen and oxygen atoms in total. The second-order valence-electron chi connectivity index (χ2n) is 5.11. The summed E-state index contributed by atoms with van der Waals surface area (Å²) >= 11 is 0. The van der Waals surface area contributed by atoms with E-state index in [4.69, 9.17) is 4.74 Å². The molecule has 0 aliphatic rings. The van der Waals surface area contributed by atoms with Gasteiger partial charge in [-0.05, 0) is 60.3 Å². The fourth-order valence-electron chi connectivity index (χ4n) is 2.47. The van der Waals surface area contributed by atoms with E-state index in [1.807, 2.05) is 6.07 Å². The Morgan fingerprint density at radius 3 is 2.15 bits per heavy atom. The smallest absolute Gasteiger partial charge is 0.119 e. The van der Waals surface area contributed by atoms with E-state index in [9.17, 15) is 0 Å². The molecule has 0 spiro atoms. The van der Waals surface area contributed by atoms with E-state index >= 15 is 0 Å². The lowest BCUT2D eigenvalue weighted by Crippen LogP contribution is -2.11. The highest BCUT2D eigenvalue weighted by molar-refractivity contribution is 5.71. The summed E-state index contributed by atoms with van der Waals surface area (Å²) in [7, 11) is 1.70. The summed E-state index contributed by atoms with van der Waals surface area (Å²) in [6.07, 6.45) is 0. The molecular formula is C18H23NO. The van der Waals surface area contributed by atoms with Crippen molar-refractivity contribution in [3.05, 3.63) is 53.1 Å². The molecule has 0 heterocycles. The van der Waals surface area contributed by atoms with Crippen molar-refractivity contribution in [2.45, 2.75) is 27.3 Å². The van der Waals surface area contributed by atoms with E-state index in [1.165, 1.54) is 27.8 Å². The van der Waals surface area contributed by atoms with Gasteiger partial charge in [-0.3, -0.25) is 0 Å². The lowest BCUT2D eigenvalue weighted by atomic mass is 9.95. The molecule has 0 amide bonds. The molecule has 0 aliphatic carbocycles. The van der Waals surface area contributed by atoms with Crippen molar-refractivity contribution in [2.75, 3.05) is 13.7 Å². The first-order valence-electron chi connectivity index (χ1n) is 7.11. The van der Waals surface area contributed by atoms with Gasteiger partial charge in [0.25, 0.3) is 0 Å². The van der Waals surface area contributed by atoms with Crippen LogP contribution in [-0.2, 0) is 6.54 Å². The Bertz CT molecular complexity index is 590. The molecule has 2 aromatic carbocycles. The van der Waals surface area contributed by atoms with Crippen molar-refractivity contribution in [1.29, 1.82) is 0 Å². The van der Waals surface area contributed by atoms with Crippen molar-refractivity contribution < 1.29 is 4.74 Å². The van der Waals surface area contributed by atoms with Crippen LogP contribution < -0.4 is 10.1 Å². The largest absolute Gasteiger partial charge is 0.497 e. The van der Waals surface area contributed by atoms with Gasteiger partial charge in [-0.1, -0.05) is 31.2 Å². The first-order chi connectivity index (χ1) is 9.65. The van der Waals surface area contributed by atoms with Crippen LogP contribution in [0.4, 0.5) is 0 Å². The van der Waals surface area contributed by atoms with Crippen LogP contribution in [0, 0.1) is 13.8 Å². The summed E-state index contributed by atoms with van der Waals surface area (Å²) in [6, 6.07) is 12.9. The molecule has 2 aromatic rings. The number of methoxy groups -OCH3 is 1. The molecule has 0 aliphatic heterocycles. The highest BCUT2D eigenvalue weighted by Gasteiger charge is 2.07. The van der Waals surface area contributed by atoms with Gasteiger partial charge in [-0.25, -0.2) is 0 Å². The number of aryl methyl sites for hydroxylation is 2. The van der Waals surface area contributed by atoms with Gasteiger partial charge >= 0.3 is 0 Å². The molecule has 0 bridgehead atoms. The fraction of sp³-hybridized carbons (Fsp3) is 0.333. The van der Waals surface area contributed by atoms with Crippen LogP contribution in [0.15, 0.2) is 36.4 Å². The molecule has 2 heteroatoms. The van der Waals surface area contributed by atoms with Gasteiger partial charge in [0.05, 0.1) is 7.11 Å². The third-order valence-electron chi connectivity index (χ3n) is 3.59. The van der Waals surface area contributed by atoms with E-state index in [1.54, 1.807) is 7.11 Å². The summed E-state index contributed by atoms with van der Waals surface area (Å²) in [5, 5.41) is 3.36. The van der Waals surface area contributed by atoms with Crippen LogP contribution >= 0.6 is 0 Å². The van der Waals surface area contributed by atoms with E-state index < -0.39 is 0 Å². The Balaban J connectivity index is 2.33. The van der Waals surface area contributed by atoms with Crippen LogP contribution in [0.5, 0.6) is 5.75 Å². The number of ether oxygens (including phenoxy) is 1.